The summed E-state index contributed by atoms with van der Waals surface area (Å²) in [5.41, 5.74) is 0. The molecule has 0 spiro atoms. The van der Waals surface area contributed by atoms with Crippen molar-refractivity contribution in [3.05, 3.63) is 0 Å². The van der Waals surface area contributed by atoms with E-state index in [1.54, 1.807) is 14.2 Å². The van der Waals surface area contributed by atoms with Gasteiger partial charge < -0.3 is 18.9 Å². The monoisotopic (exact) mass is 174 g/mol. The molecule has 70 valence electrons. The second-order valence-electron chi connectivity index (χ2n) is 3.26. The van der Waals surface area contributed by atoms with Crippen molar-refractivity contribution in [3.8, 4) is 0 Å². The van der Waals surface area contributed by atoms with Gasteiger partial charge in [0.15, 0.2) is 6.29 Å². The minimum absolute atomic E-state index is 0.0589. The first-order chi connectivity index (χ1) is 5.72. The molecular weight excluding hydrogens is 160 g/mol. The van der Waals surface area contributed by atoms with Crippen molar-refractivity contribution in [2.75, 3.05) is 14.2 Å². The molecule has 0 aromatic carbocycles. The average Bonchev–Trinajstić information content (AvgIpc) is 2.80. The van der Waals surface area contributed by atoms with Crippen LogP contribution in [0.25, 0.3) is 0 Å². The number of hydrogen-bond donors (Lipinski definition) is 0. The lowest BCUT2D eigenvalue weighted by molar-refractivity contribution is -0.199. The molecule has 2 fully saturated rings. The molecule has 0 aromatic rings. The SMILES string of the molecule is COC1CC2(OC)OC2C(C)O1. The van der Waals surface area contributed by atoms with Crippen LogP contribution in [0.3, 0.4) is 0 Å². The smallest absolute Gasteiger partial charge is 0.202 e. The van der Waals surface area contributed by atoms with Crippen LogP contribution in [0.1, 0.15) is 13.3 Å². The molecule has 0 amide bonds. The first-order valence-corrected chi connectivity index (χ1v) is 4.13. The molecule has 12 heavy (non-hydrogen) atoms. The molecule has 2 aliphatic heterocycles. The summed E-state index contributed by atoms with van der Waals surface area (Å²) in [6.07, 6.45) is 0.617. The van der Waals surface area contributed by atoms with Crippen LogP contribution >= 0.6 is 0 Å². The van der Waals surface area contributed by atoms with Crippen molar-refractivity contribution in [2.24, 2.45) is 0 Å². The van der Waals surface area contributed by atoms with Crippen molar-refractivity contribution < 1.29 is 18.9 Å². The van der Waals surface area contributed by atoms with Gasteiger partial charge in [0, 0.05) is 14.2 Å². The van der Waals surface area contributed by atoms with Crippen molar-refractivity contribution >= 4 is 0 Å². The Balaban J connectivity index is 2.04. The van der Waals surface area contributed by atoms with Crippen LogP contribution in [0, 0.1) is 0 Å². The van der Waals surface area contributed by atoms with E-state index in [-0.39, 0.29) is 18.5 Å². The maximum atomic E-state index is 5.49. The lowest BCUT2D eigenvalue weighted by atomic mass is 10.1. The molecule has 2 heterocycles. The number of hydrogen-bond acceptors (Lipinski definition) is 4. The Morgan fingerprint density at radius 1 is 1.42 bits per heavy atom. The predicted octanol–water partition coefficient (Wildman–Crippen LogP) is 0.509. The maximum Gasteiger partial charge on any atom is 0.202 e. The third kappa shape index (κ3) is 1.07. The Kier molecular flexibility index (Phi) is 1.88. The van der Waals surface area contributed by atoms with Crippen LogP contribution in [0.2, 0.25) is 0 Å². The van der Waals surface area contributed by atoms with E-state index in [0.717, 1.165) is 0 Å². The van der Waals surface area contributed by atoms with Gasteiger partial charge in [-0.05, 0) is 6.92 Å². The molecule has 0 saturated carbocycles. The van der Waals surface area contributed by atoms with Crippen LogP contribution in [-0.4, -0.2) is 38.5 Å². The summed E-state index contributed by atoms with van der Waals surface area (Å²) in [4.78, 5) is 0. The predicted molar refractivity (Wildman–Crippen MR) is 40.6 cm³/mol. The topological polar surface area (TPSA) is 40.2 Å². The molecule has 0 radical (unpaired) electrons. The number of ether oxygens (including phenoxy) is 4. The van der Waals surface area contributed by atoms with Gasteiger partial charge in [-0.25, -0.2) is 0 Å². The fourth-order valence-corrected chi connectivity index (χ4v) is 1.78. The van der Waals surface area contributed by atoms with E-state index in [4.69, 9.17) is 18.9 Å². The first kappa shape index (κ1) is 8.44. The van der Waals surface area contributed by atoms with Gasteiger partial charge in [0.2, 0.25) is 5.79 Å². The zero-order chi connectivity index (χ0) is 8.77. The normalized spacial score (nSPS) is 51.8. The van der Waals surface area contributed by atoms with Crippen LogP contribution in [0.5, 0.6) is 0 Å². The summed E-state index contributed by atoms with van der Waals surface area (Å²) in [6.45, 7) is 1.97. The van der Waals surface area contributed by atoms with Gasteiger partial charge in [-0.2, -0.15) is 0 Å². The second-order valence-corrected chi connectivity index (χ2v) is 3.26. The molecule has 0 aromatic heterocycles. The third-order valence-electron chi connectivity index (χ3n) is 2.56. The average molecular weight is 174 g/mol. The molecule has 4 nitrogen and oxygen atoms in total. The van der Waals surface area contributed by atoms with E-state index in [2.05, 4.69) is 0 Å². The largest absolute Gasteiger partial charge is 0.356 e. The lowest BCUT2D eigenvalue weighted by Crippen LogP contribution is -2.40. The molecule has 0 N–H and O–H groups in total. The van der Waals surface area contributed by atoms with Crippen molar-refractivity contribution in [2.45, 2.75) is 37.6 Å². The highest BCUT2D eigenvalue weighted by atomic mass is 16.8. The number of rotatable bonds is 2. The Hall–Kier alpha value is -0.160. The fraction of sp³-hybridized carbons (Fsp3) is 1.00. The zero-order valence-corrected chi connectivity index (χ0v) is 7.57. The number of epoxide rings is 1. The van der Waals surface area contributed by atoms with Gasteiger partial charge in [0.05, 0.1) is 12.5 Å². The highest BCUT2D eigenvalue weighted by Crippen LogP contribution is 2.48. The maximum absolute atomic E-state index is 5.49. The molecule has 4 unspecified atom stereocenters. The molecule has 2 rings (SSSR count). The lowest BCUT2D eigenvalue weighted by Gasteiger charge is -2.27. The quantitative estimate of drug-likeness (QED) is 0.572. The Morgan fingerprint density at radius 3 is 2.75 bits per heavy atom. The van der Waals surface area contributed by atoms with E-state index in [9.17, 15) is 0 Å². The van der Waals surface area contributed by atoms with Crippen LogP contribution in [0.4, 0.5) is 0 Å². The zero-order valence-electron chi connectivity index (χ0n) is 7.57. The highest BCUT2D eigenvalue weighted by molar-refractivity contribution is 5.02. The van der Waals surface area contributed by atoms with E-state index in [0.29, 0.717) is 6.42 Å². The summed E-state index contributed by atoms with van der Waals surface area (Å²) in [5, 5.41) is 0. The van der Waals surface area contributed by atoms with E-state index < -0.39 is 5.79 Å². The molecule has 2 aliphatic rings. The van der Waals surface area contributed by atoms with Crippen molar-refractivity contribution in [1.82, 2.24) is 0 Å². The van der Waals surface area contributed by atoms with E-state index in [1.165, 1.54) is 0 Å². The van der Waals surface area contributed by atoms with Crippen molar-refractivity contribution in [3.63, 3.8) is 0 Å². The summed E-state index contributed by atoms with van der Waals surface area (Å²) >= 11 is 0. The van der Waals surface area contributed by atoms with Gasteiger partial charge in [0.25, 0.3) is 0 Å². The minimum Gasteiger partial charge on any atom is -0.356 e. The van der Waals surface area contributed by atoms with Crippen LogP contribution in [0.15, 0.2) is 0 Å². The molecule has 4 heteroatoms. The number of methoxy groups -OCH3 is 2. The summed E-state index contributed by atoms with van der Waals surface area (Å²) in [5.74, 6) is -0.418. The second kappa shape index (κ2) is 2.67. The molecule has 2 saturated heterocycles. The fourth-order valence-electron chi connectivity index (χ4n) is 1.78. The Morgan fingerprint density at radius 2 is 2.17 bits per heavy atom. The van der Waals surface area contributed by atoms with Gasteiger partial charge >= 0.3 is 0 Å². The van der Waals surface area contributed by atoms with Crippen LogP contribution < -0.4 is 0 Å². The summed E-state index contributed by atoms with van der Waals surface area (Å²) in [7, 11) is 3.29. The van der Waals surface area contributed by atoms with Crippen molar-refractivity contribution in [1.29, 1.82) is 0 Å². The van der Waals surface area contributed by atoms with Crippen LogP contribution in [-0.2, 0) is 18.9 Å². The first-order valence-electron chi connectivity index (χ1n) is 4.13. The molecule has 0 aliphatic carbocycles. The molecule has 0 bridgehead atoms. The standard InChI is InChI=1S/C8H14O4/c1-5-7-8(10-3,12-7)4-6(9-2)11-5/h5-7H,4H2,1-3H3. The summed E-state index contributed by atoms with van der Waals surface area (Å²) in [6, 6.07) is 0. The Labute approximate surface area is 71.7 Å². The van der Waals surface area contributed by atoms with Gasteiger partial charge in [-0.3, -0.25) is 0 Å². The third-order valence-corrected chi connectivity index (χ3v) is 2.56. The molecule has 4 atom stereocenters. The minimum atomic E-state index is -0.418. The van der Waals surface area contributed by atoms with Gasteiger partial charge in [-0.15, -0.1) is 0 Å². The number of fused-ring (bicyclic) bond motifs is 1. The Bertz CT molecular complexity index is 184. The van der Waals surface area contributed by atoms with Gasteiger partial charge in [0.1, 0.15) is 6.10 Å². The van der Waals surface area contributed by atoms with E-state index in [1.807, 2.05) is 6.92 Å². The highest BCUT2D eigenvalue weighted by Gasteiger charge is 2.64. The van der Waals surface area contributed by atoms with Gasteiger partial charge in [-0.1, -0.05) is 0 Å². The summed E-state index contributed by atoms with van der Waals surface area (Å²) < 4.78 is 21.3. The molecular formula is C8H14O4. The van der Waals surface area contributed by atoms with E-state index >= 15 is 0 Å².